The fourth-order valence-corrected chi connectivity index (χ4v) is 2.89. The van der Waals surface area contributed by atoms with Crippen LogP contribution in [-0.4, -0.2) is 20.0 Å². The largest absolute Gasteiger partial charge is 0.480 e. The van der Waals surface area contributed by atoms with E-state index in [4.69, 9.17) is 44.0 Å². The third kappa shape index (κ3) is 4.14. The smallest absolute Gasteiger partial charge is 0.289 e. The lowest BCUT2D eigenvalue weighted by atomic mass is 10.1. The lowest BCUT2D eigenvalue weighted by molar-refractivity contribution is 0.258. The van der Waals surface area contributed by atoms with Crippen LogP contribution in [0.25, 0.3) is 11.5 Å². The first kappa shape index (κ1) is 20.6. The third-order valence-electron chi connectivity index (χ3n) is 3.58. The van der Waals surface area contributed by atoms with Crippen LogP contribution in [0.1, 0.15) is 26.7 Å². The minimum absolute atomic E-state index is 0.00783. The van der Waals surface area contributed by atoms with Crippen LogP contribution in [0.15, 0.2) is 27.5 Å². The molecule has 0 saturated heterocycles. The molecule has 148 valence electrons. The van der Waals surface area contributed by atoms with Crippen molar-refractivity contribution in [2.24, 2.45) is 0 Å². The molecular weight excluding hydrogens is 434 g/mol. The summed E-state index contributed by atoms with van der Waals surface area (Å²) < 4.78 is 25.8. The Hall–Kier alpha value is -2.16. The quantitative estimate of drug-likeness (QED) is 0.538. The second-order valence-corrected chi connectivity index (χ2v) is 7.94. The van der Waals surface area contributed by atoms with Crippen LogP contribution in [0.3, 0.4) is 0 Å². The number of rotatable bonds is 4. The van der Waals surface area contributed by atoms with Crippen molar-refractivity contribution in [1.82, 2.24) is 20.0 Å². The SMILES string of the molecule is CC(C)(C)n1ncc(OCc2nnc(-c3cc(F)c(Cl)cc3Cl)o2)c(Cl)c1=O. The number of nitrogens with zero attached hydrogens (tertiary/aromatic N) is 4. The van der Waals surface area contributed by atoms with Crippen LogP contribution in [0.2, 0.25) is 15.1 Å². The average Bonchev–Trinajstić information content (AvgIpc) is 3.07. The van der Waals surface area contributed by atoms with Crippen molar-refractivity contribution in [3.8, 4) is 17.2 Å². The molecule has 2 heterocycles. The second-order valence-electron chi connectivity index (χ2n) is 6.75. The van der Waals surface area contributed by atoms with Crippen LogP contribution in [0, 0.1) is 5.82 Å². The molecule has 0 bridgehead atoms. The normalized spacial score (nSPS) is 11.7. The molecule has 0 radical (unpaired) electrons. The highest BCUT2D eigenvalue weighted by molar-refractivity contribution is 6.36. The fourth-order valence-electron chi connectivity index (χ4n) is 2.24. The van der Waals surface area contributed by atoms with Gasteiger partial charge in [0.15, 0.2) is 17.4 Å². The molecule has 0 spiro atoms. The van der Waals surface area contributed by atoms with Crippen molar-refractivity contribution in [3.63, 3.8) is 0 Å². The Morgan fingerprint density at radius 2 is 1.89 bits per heavy atom. The molecule has 0 saturated carbocycles. The Morgan fingerprint density at radius 1 is 1.18 bits per heavy atom. The summed E-state index contributed by atoms with van der Waals surface area (Å²) in [4.78, 5) is 12.3. The van der Waals surface area contributed by atoms with Gasteiger partial charge in [-0.2, -0.15) is 5.10 Å². The van der Waals surface area contributed by atoms with Crippen molar-refractivity contribution in [2.45, 2.75) is 32.9 Å². The molecule has 0 aliphatic heterocycles. The molecular formula is C17H14Cl3FN4O3. The summed E-state index contributed by atoms with van der Waals surface area (Å²) in [6, 6.07) is 2.33. The second kappa shape index (κ2) is 7.69. The van der Waals surface area contributed by atoms with Gasteiger partial charge in [0, 0.05) is 0 Å². The molecule has 0 amide bonds. The van der Waals surface area contributed by atoms with Gasteiger partial charge in [-0.15, -0.1) is 10.2 Å². The predicted molar refractivity (Wildman–Crippen MR) is 103 cm³/mol. The highest BCUT2D eigenvalue weighted by Gasteiger charge is 2.21. The Morgan fingerprint density at radius 3 is 2.57 bits per heavy atom. The molecule has 2 aromatic heterocycles. The molecule has 7 nitrogen and oxygen atoms in total. The first-order valence-electron chi connectivity index (χ1n) is 7.96. The van der Waals surface area contributed by atoms with Gasteiger partial charge in [-0.05, 0) is 32.9 Å². The van der Waals surface area contributed by atoms with Crippen molar-refractivity contribution in [1.29, 1.82) is 0 Å². The lowest BCUT2D eigenvalue weighted by Crippen LogP contribution is -2.36. The minimum atomic E-state index is -0.672. The van der Waals surface area contributed by atoms with Gasteiger partial charge in [-0.25, -0.2) is 9.07 Å². The summed E-state index contributed by atoms with van der Waals surface area (Å²) in [5, 5.41) is 11.6. The van der Waals surface area contributed by atoms with E-state index in [9.17, 15) is 9.18 Å². The Balaban J connectivity index is 1.80. The predicted octanol–water partition coefficient (Wildman–Crippen LogP) is 4.73. The topological polar surface area (TPSA) is 83.0 Å². The van der Waals surface area contributed by atoms with Crippen LogP contribution in [0.5, 0.6) is 5.75 Å². The molecule has 0 unspecified atom stereocenters. The van der Waals surface area contributed by atoms with Gasteiger partial charge in [-0.1, -0.05) is 34.8 Å². The average molecular weight is 448 g/mol. The third-order valence-corrected chi connectivity index (χ3v) is 4.53. The standard InChI is InChI=1S/C17H14Cl3FN4O3/c1-17(2,3)25-16(26)14(20)12(6-22-25)27-7-13-23-24-15(28-13)8-4-11(21)10(19)5-9(8)18/h4-6H,7H2,1-3H3. The van der Waals surface area contributed by atoms with Gasteiger partial charge in [0.05, 0.1) is 27.3 Å². The van der Waals surface area contributed by atoms with Gasteiger partial charge in [0.25, 0.3) is 11.4 Å². The van der Waals surface area contributed by atoms with Gasteiger partial charge < -0.3 is 9.15 Å². The summed E-state index contributed by atoms with van der Waals surface area (Å²) in [5.74, 6) is -0.541. The number of hydrogen-bond donors (Lipinski definition) is 0. The van der Waals surface area contributed by atoms with Crippen LogP contribution >= 0.6 is 34.8 Å². The van der Waals surface area contributed by atoms with Gasteiger partial charge in [-0.3, -0.25) is 4.79 Å². The van der Waals surface area contributed by atoms with Crippen molar-refractivity contribution < 1.29 is 13.5 Å². The molecule has 0 N–H and O–H groups in total. The van der Waals surface area contributed by atoms with E-state index in [1.54, 1.807) is 0 Å². The maximum Gasteiger partial charge on any atom is 0.289 e. The van der Waals surface area contributed by atoms with Crippen LogP contribution in [0.4, 0.5) is 4.39 Å². The minimum Gasteiger partial charge on any atom is -0.480 e. The molecule has 0 aliphatic rings. The number of hydrogen-bond acceptors (Lipinski definition) is 6. The van der Waals surface area contributed by atoms with E-state index in [1.165, 1.54) is 16.9 Å². The summed E-state index contributed by atoms with van der Waals surface area (Å²) in [7, 11) is 0. The Kier molecular flexibility index (Phi) is 5.65. The van der Waals surface area contributed by atoms with E-state index in [-0.39, 0.29) is 44.8 Å². The van der Waals surface area contributed by atoms with E-state index in [0.29, 0.717) is 0 Å². The van der Waals surface area contributed by atoms with E-state index in [1.807, 2.05) is 20.8 Å². The summed E-state index contributed by atoms with van der Waals surface area (Å²) in [5.41, 5.74) is -0.829. The first-order valence-corrected chi connectivity index (χ1v) is 9.09. The zero-order chi connectivity index (χ0) is 20.6. The summed E-state index contributed by atoms with van der Waals surface area (Å²) >= 11 is 17.8. The van der Waals surface area contributed by atoms with E-state index >= 15 is 0 Å². The molecule has 28 heavy (non-hydrogen) atoms. The van der Waals surface area contributed by atoms with Crippen molar-refractivity contribution in [2.75, 3.05) is 0 Å². The maximum absolute atomic E-state index is 13.7. The zero-order valence-electron chi connectivity index (χ0n) is 15.0. The van der Waals surface area contributed by atoms with Crippen molar-refractivity contribution in [3.05, 3.63) is 55.5 Å². The summed E-state index contributed by atoms with van der Waals surface area (Å²) in [6.45, 7) is 5.29. The number of benzene rings is 1. The molecule has 0 aliphatic carbocycles. The van der Waals surface area contributed by atoms with E-state index in [0.717, 1.165) is 6.07 Å². The number of ether oxygens (including phenoxy) is 1. The molecule has 0 fully saturated rings. The number of aromatic nitrogens is 4. The first-order chi connectivity index (χ1) is 13.1. The van der Waals surface area contributed by atoms with E-state index in [2.05, 4.69) is 15.3 Å². The van der Waals surface area contributed by atoms with E-state index < -0.39 is 16.9 Å². The zero-order valence-corrected chi connectivity index (χ0v) is 17.2. The van der Waals surface area contributed by atoms with Gasteiger partial charge in [0.2, 0.25) is 5.89 Å². The monoisotopic (exact) mass is 446 g/mol. The molecule has 1 aromatic carbocycles. The number of halogens is 4. The highest BCUT2D eigenvalue weighted by atomic mass is 35.5. The maximum atomic E-state index is 13.7. The fraction of sp³-hybridized carbons (Fsp3) is 0.294. The molecule has 0 atom stereocenters. The molecule has 11 heteroatoms. The van der Waals surface area contributed by atoms with Crippen LogP contribution < -0.4 is 10.3 Å². The molecule has 3 aromatic rings. The van der Waals surface area contributed by atoms with Gasteiger partial charge in [0.1, 0.15) is 5.82 Å². The molecule has 3 rings (SSSR count). The van der Waals surface area contributed by atoms with Gasteiger partial charge >= 0.3 is 0 Å². The Labute approximate surface area is 174 Å². The summed E-state index contributed by atoms with van der Waals surface area (Å²) in [6.07, 6.45) is 1.33. The lowest BCUT2D eigenvalue weighted by Gasteiger charge is -2.21. The van der Waals surface area contributed by atoms with Crippen molar-refractivity contribution >= 4 is 34.8 Å². The Bertz CT molecular complexity index is 1090. The van der Waals surface area contributed by atoms with Crippen LogP contribution in [-0.2, 0) is 12.1 Å². The highest BCUT2D eigenvalue weighted by Crippen LogP contribution is 2.31.